The highest BCUT2D eigenvalue weighted by atomic mass is 16.5. The van der Waals surface area contributed by atoms with Crippen LogP contribution in [0.5, 0.6) is 11.8 Å². The summed E-state index contributed by atoms with van der Waals surface area (Å²) in [6.45, 7) is 6.41. The van der Waals surface area contributed by atoms with Crippen LogP contribution in [0.4, 0.5) is 0 Å². The molecule has 2 saturated heterocycles. The number of aliphatic hydroxyl groups excluding tert-OH is 2. The van der Waals surface area contributed by atoms with Crippen molar-refractivity contribution in [1.82, 2.24) is 19.8 Å². The van der Waals surface area contributed by atoms with Crippen molar-refractivity contribution in [1.29, 1.82) is 5.26 Å². The summed E-state index contributed by atoms with van der Waals surface area (Å²) >= 11 is 0. The molecular formula is C40H41N5O5. The van der Waals surface area contributed by atoms with Crippen LogP contribution in [-0.2, 0) is 19.5 Å². The smallest absolute Gasteiger partial charge is 0.227 e. The number of β-amino-alcohol motifs (C(OH)–C–C–N with tert-alkyl or cyclic N) is 2. The summed E-state index contributed by atoms with van der Waals surface area (Å²) in [5, 5.41) is 29.9. The number of rotatable bonds is 9. The number of nitrogens with zero attached hydrogens (tertiary/aromatic N) is 5. The number of aromatic nitrogens is 2. The van der Waals surface area contributed by atoms with Crippen LogP contribution in [0.2, 0.25) is 0 Å². The largest absolute Gasteiger partial charge is 0.481 e. The lowest BCUT2D eigenvalue weighted by Gasteiger charge is -2.19. The van der Waals surface area contributed by atoms with E-state index < -0.39 is 0 Å². The monoisotopic (exact) mass is 671 g/mol. The van der Waals surface area contributed by atoms with Gasteiger partial charge in [0.05, 0.1) is 24.9 Å². The zero-order chi connectivity index (χ0) is 34.4. The third-order valence-corrected chi connectivity index (χ3v) is 10.4. The number of ether oxygens (including phenoxy) is 2. The molecule has 0 unspecified atom stereocenters. The minimum Gasteiger partial charge on any atom is -0.481 e. The Morgan fingerprint density at radius 1 is 0.900 bits per heavy atom. The number of benzene rings is 3. The SMILES string of the molecule is COc1nc(O[C@H]2CCc3c(-c4cccc(-c5nc6cc(CN7CC[C@@H](O)C7)cc(C#N)c6o5)c4C)cccc32)ccc1CN1CC[C@@H](O)C1. The fourth-order valence-corrected chi connectivity index (χ4v) is 7.90. The molecule has 50 heavy (non-hydrogen) atoms. The van der Waals surface area contributed by atoms with E-state index in [0.717, 1.165) is 77.7 Å². The molecule has 2 aliphatic heterocycles. The molecule has 2 N–H and O–H groups in total. The Bertz CT molecular complexity index is 2100. The first-order chi connectivity index (χ1) is 24.4. The molecule has 0 saturated carbocycles. The average Bonchev–Trinajstić information content (AvgIpc) is 3.93. The van der Waals surface area contributed by atoms with Crippen LogP contribution in [-0.4, -0.2) is 75.5 Å². The van der Waals surface area contributed by atoms with Gasteiger partial charge in [-0.1, -0.05) is 30.3 Å². The van der Waals surface area contributed by atoms with Crippen molar-refractivity contribution in [3.8, 4) is 40.4 Å². The maximum absolute atomic E-state index is 9.97. The number of methoxy groups -OCH3 is 1. The van der Waals surface area contributed by atoms with E-state index in [-0.39, 0.29) is 18.3 Å². The molecule has 0 amide bonds. The van der Waals surface area contributed by atoms with E-state index in [0.29, 0.717) is 60.5 Å². The number of pyridine rings is 1. The first kappa shape index (κ1) is 32.4. The Morgan fingerprint density at radius 3 is 2.38 bits per heavy atom. The predicted molar refractivity (Wildman–Crippen MR) is 189 cm³/mol. The van der Waals surface area contributed by atoms with Gasteiger partial charge in [0.1, 0.15) is 17.7 Å². The molecule has 3 aromatic carbocycles. The molecule has 3 aliphatic rings. The Kier molecular flexibility index (Phi) is 8.75. The van der Waals surface area contributed by atoms with Gasteiger partial charge in [-0.25, -0.2) is 4.98 Å². The third-order valence-electron chi connectivity index (χ3n) is 10.4. The van der Waals surface area contributed by atoms with Crippen LogP contribution in [0.25, 0.3) is 33.7 Å². The second kappa shape index (κ2) is 13.5. The van der Waals surface area contributed by atoms with Gasteiger partial charge in [-0.3, -0.25) is 9.80 Å². The van der Waals surface area contributed by atoms with Gasteiger partial charge in [-0.15, -0.1) is 0 Å². The molecule has 10 heteroatoms. The summed E-state index contributed by atoms with van der Waals surface area (Å²) in [5.41, 5.74) is 10.2. The summed E-state index contributed by atoms with van der Waals surface area (Å²) in [6.07, 6.45) is 2.56. The first-order valence-electron chi connectivity index (χ1n) is 17.4. The molecule has 0 spiro atoms. The zero-order valence-electron chi connectivity index (χ0n) is 28.4. The predicted octanol–water partition coefficient (Wildman–Crippen LogP) is 5.95. The number of likely N-dealkylation sites (tertiary alicyclic amines) is 2. The van der Waals surface area contributed by atoms with E-state index in [2.05, 4.69) is 47.1 Å². The van der Waals surface area contributed by atoms with Crippen molar-refractivity contribution in [2.24, 2.45) is 0 Å². The van der Waals surface area contributed by atoms with Crippen molar-refractivity contribution in [3.63, 3.8) is 0 Å². The Balaban J connectivity index is 1.05. The fraction of sp³-hybridized carbons (Fsp3) is 0.375. The minimum absolute atomic E-state index is 0.135. The molecular weight excluding hydrogens is 630 g/mol. The Hall–Kier alpha value is -4.79. The highest BCUT2D eigenvalue weighted by Crippen LogP contribution is 2.42. The van der Waals surface area contributed by atoms with Gasteiger partial charge in [0.2, 0.25) is 17.7 Å². The molecule has 3 atom stereocenters. The van der Waals surface area contributed by atoms with E-state index in [1.807, 2.05) is 36.4 Å². The molecule has 4 heterocycles. The maximum atomic E-state index is 9.97. The summed E-state index contributed by atoms with van der Waals surface area (Å²) in [7, 11) is 1.63. The van der Waals surface area contributed by atoms with Gasteiger partial charge >= 0.3 is 0 Å². The molecule has 8 rings (SSSR count). The molecule has 0 bridgehead atoms. The van der Waals surface area contributed by atoms with Crippen molar-refractivity contribution in [2.75, 3.05) is 33.3 Å². The lowest BCUT2D eigenvalue weighted by atomic mass is 9.91. The Labute approximate surface area is 291 Å². The lowest BCUT2D eigenvalue weighted by molar-refractivity contribution is 0.173. The third kappa shape index (κ3) is 6.22. The summed E-state index contributed by atoms with van der Waals surface area (Å²) in [5.74, 6) is 1.57. The number of hydrogen-bond acceptors (Lipinski definition) is 10. The standard InChI is InChI=1S/C40H41N5O5/c1-24-30(5-3-6-31(24)40-42-35-18-25(17-27(19-41)38(35)50-40)20-44-15-13-28(46)22-44)32-7-4-8-34-33(32)10-11-36(34)49-37-12-9-26(39(43-37)48-2)21-45-16-14-29(47)23-45/h3-9,12,17-18,28-29,36,46-47H,10-11,13-16,20-23H2,1-2H3/t28-,29-,36+/m1/s1. The van der Waals surface area contributed by atoms with E-state index in [4.69, 9.17) is 23.9 Å². The number of oxazole rings is 1. The van der Waals surface area contributed by atoms with Gasteiger partial charge in [0.15, 0.2) is 5.58 Å². The molecule has 10 nitrogen and oxygen atoms in total. The van der Waals surface area contributed by atoms with Crippen LogP contribution in [0.3, 0.4) is 0 Å². The Morgan fingerprint density at radius 2 is 1.64 bits per heavy atom. The number of nitriles is 1. The maximum Gasteiger partial charge on any atom is 0.227 e. The zero-order valence-corrected chi connectivity index (χ0v) is 28.4. The van der Waals surface area contributed by atoms with E-state index in [9.17, 15) is 15.5 Å². The van der Waals surface area contributed by atoms with E-state index in [1.54, 1.807) is 7.11 Å². The van der Waals surface area contributed by atoms with Crippen LogP contribution < -0.4 is 9.47 Å². The molecule has 1 aliphatic carbocycles. The van der Waals surface area contributed by atoms with Crippen molar-refractivity contribution < 1.29 is 24.1 Å². The summed E-state index contributed by atoms with van der Waals surface area (Å²) in [4.78, 5) is 14.0. The first-order valence-corrected chi connectivity index (χ1v) is 17.4. The van der Waals surface area contributed by atoms with Gasteiger partial charge < -0.3 is 24.1 Å². The highest BCUT2D eigenvalue weighted by Gasteiger charge is 2.29. The van der Waals surface area contributed by atoms with E-state index in [1.165, 1.54) is 5.56 Å². The van der Waals surface area contributed by atoms with E-state index >= 15 is 0 Å². The molecule has 5 aromatic rings. The van der Waals surface area contributed by atoms with Crippen LogP contribution in [0.1, 0.15) is 58.7 Å². The highest BCUT2D eigenvalue weighted by molar-refractivity contribution is 5.85. The quantitative estimate of drug-likeness (QED) is 0.194. The summed E-state index contributed by atoms with van der Waals surface area (Å²) in [6, 6.07) is 22.7. The van der Waals surface area contributed by atoms with Gasteiger partial charge in [-0.05, 0) is 90.3 Å². The molecule has 2 aromatic heterocycles. The van der Waals surface area contributed by atoms with Gasteiger partial charge in [0.25, 0.3) is 0 Å². The summed E-state index contributed by atoms with van der Waals surface area (Å²) < 4.78 is 18.4. The van der Waals surface area contributed by atoms with Gasteiger partial charge in [-0.2, -0.15) is 10.2 Å². The topological polar surface area (TPSA) is 128 Å². The van der Waals surface area contributed by atoms with Crippen molar-refractivity contribution in [2.45, 2.75) is 64.0 Å². The minimum atomic E-state index is -0.298. The number of hydrogen-bond donors (Lipinski definition) is 2. The van der Waals surface area contributed by atoms with Crippen LogP contribution >= 0.6 is 0 Å². The number of fused-ring (bicyclic) bond motifs is 2. The lowest BCUT2D eigenvalue weighted by Crippen LogP contribution is -2.22. The second-order valence-electron chi connectivity index (χ2n) is 13.8. The normalized spacial score (nSPS) is 20.7. The fourth-order valence-electron chi connectivity index (χ4n) is 7.90. The van der Waals surface area contributed by atoms with Crippen molar-refractivity contribution in [3.05, 3.63) is 94.0 Å². The molecule has 256 valence electrons. The molecule has 2 fully saturated rings. The number of aliphatic hydroxyl groups is 2. The van der Waals surface area contributed by atoms with Crippen LogP contribution in [0, 0.1) is 18.3 Å². The molecule has 0 radical (unpaired) electrons. The van der Waals surface area contributed by atoms with Gasteiger partial charge in [0, 0.05) is 56.5 Å². The second-order valence-corrected chi connectivity index (χ2v) is 13.8. The van der Waals surface area contributed by atoms with Crippen molar-refractivity contribution >= 4 is 11.1 Å². The average molecular weight is 672 g/mol. The van der Waals surface area contributed by atoms with Crippen LogP contribution in [0.15, 0.2) is 65.1 Å².